The van der Waals surface area contributed by atoms with Crippen LogP contribution in [0.4, 0.5) is 0 Å². The summed E-state index contributed by atoms with van der Waals surface area (Å²) in [5.74, 6) is 0.304. The summed E-state index contributed by atoms with van der Waals surface area (Å²) in [5.41, 5.74) is 6.12. The van der Waals surface area contributed by atoms with E-state index in [1.165, 1.54) is 7.11 Å². The number of rotatable bonds is 6. The molecule has 2 N–H and O–H groups in total. The molecule has 1 aromatic rings. The molecule has 5 nitrogen and oxygen atoms in total. The van der Waals surface area contributed by atoms with Gasteiger partial charge in [0, 0.05) is 12.1 Å². The second-order valence-corrected chi connectivity index (χ2v) is 6.00. The van der Waals surface area contributed by atoms with Crippen molar-refractivity contribution in [3.63, 3.8) is 0 Å². The summed E-state index contributed by atoms with van der Waals surface area (Å²) in [5, 5.41) is 0. The van der Waals surface area contributed by atoms with E-state index < -0.39 is 9.84 Å². The van der Waals surface area contributed by atoms with E-state index in [0.717, 1.165) is 0 Å². The van der Waals surface area contributed by atoms with Crippen molar-refractivity contribution in [2.75, 3.05) is 12.9 Å². The molecule has 0 fully saturated rings. The summed E-state index contributed by atoms with van der Waals surface area (Å²) in [7, 11) is -1.72. The third-order valence-corrected chi connectivity index (χ3v) is 4.02. The number of ether oxygens (including phenoxy) is 1. The number of nitrogens with zero attached hydrogens (tertiary/aromatic N) is 1. The quantitative estimate of drug-likeness (QED) is 0.814. The summed E-state index contributed by atoms with van der Waals surface area (Å²) < 4.78 is 28.6. The minimum atomic E-state index is -3.21. The molecular formula is C11H18N2O3S. The molecule has 1 heterocycles. The number of hydrogen-bond acceptors (Lipinski definition) is 5. The van der Waals surface area contributed by atoms with Crippen molar-refractivity contribution in [2.45, 2.75) is 25.1 Å². The maximum atomic E-state index is 11.8. The second-order valence-electron chi connectivity index (χ2n) is 3.89. The van der Waals surface area contributed by atoms with Crippen LogP contribution in [0.2, 0.25) is 0 Å². The number of hydrogen-bond donors (Lipinski definition) is 1. The predicted octanol–water partition coefficient (Wildman–Crippen LogP) is 0.742. The SMILES string of the molecule is CCC(N)CS(=O)(=O)Cc1cccc(OC)n1. The van der Waals surface area contributed by atoms with Crippen molar-refractivity contribution in [3.8, 4) is 5.88 Å². The first kappa shape index (κ1) is 13.9. The van der Waals surface area contributed by atoms with Crippen molar-refractivity contribution in [3.05, 3.63) is 23.9 Å². The fraction of sp³-hybridized carbons (Fsp3) is 0.545. The summed E-state index contributed by atoms with van der Waals surface area (Å²) in [6.07, 6.45) is 0.644. The molecule has 17 heavy (non-hydrogen) atoms. The lowest BCUT2D eigenvalue weighted by molar-refractivity contribution is 0.396. The van der Waals surface area contributed by atoms with Crippen LogP contribution in [0.3, 0.4) is 0 Å². The number of sulfone groups is 1. The third kappa shape index (κ3) is 4.70. The Balaban J connectivity index is 2.75. The molecule has 0 bridgehead atoms. The van der Waals surface area contributed by atoms with Crippen LogP contribution in [0.5, 0.6) is 5.88 Å². The van der Waals surface area contributed by atoms with Crippen LogP contribution in [-0.2, 0) is 15.6 Å². The van der Waals surface area contributed by atoms with Crippen molar-refractivity contribution < 1.29 is 13.2 Å². The van der Waals surface area contributed by atoms with Crippen LogP contribution in [0, 0.1) is 0 Å². The Morgan fingerprint density at radius 2 is 2.18 bits per heavy atom. The fourth-order valence-corrected chi connectivity index (χ4v) is 3.00. The van der Waals surface area contributed by atoms with Crippen LogP contribution < -0.4 is 10.5 Å². The van der Waals surface area contributed by atoms with Gasteiger partial charge >= 0.3 is 0 Å². The van der Waals surface area contributed by atoms with Gasteiger partial charge in [-0.3, -0.25) is 0 Å². The third-order valence-electron chi connectivity index (χ3n) is 2.35. The van der Waals surface area contributed by atoms with E-state index in [9.17, 15) is 8.42 Å². The molecule has 1 atom stereocenters. The van der Waals surface area contributed by atoms with Gasteiger partial charge in [0.25, 0.3) is 0 Å². The van der Waals surface area contributed by atoms with Gasteiger partial charge in [-0.1, -0.05) is 13.0 Å². The van der Waals surface area contributed by atoms with E-state index in [-0.39, 0.29) is 17.5 Å². The van der Waals surface area contributed by atoms with E-state index in [2.05, 4.69) is 4.98 Å². The van der Waals surface area contributed by atoms with Crippen LogP contribution in [0.15, 0.2) is 18.2 Å². The average molecular weight is 258 g/mol. The van der Waals surface area contributed by atoms with Gasteiger partial charge in [0.2, 0.25) is 5.88 Å². The zero-order valence-electron chi connectivity index (χ0n) is 10.1. The molecule has 1 rings (SSSR count). The first-order valence-corrected chi connectivity index (χ1v) is 7.25. The topological polar surface area (TPSA) is 82.3 Å². The van der Waals surface area contributed by atoms with Gasteiger partial charge in [0.15, 0.2) is 9.84 Å². The number of aromatic nitrogens is 1. The lowest BCUT2D eigenvalue weighted by Crippen LogP contribution is -2.29. The van der Waals surface area contributed by atoms with E-state index in [1.54, 1.807) is 18.2 Å². The molecule has 96 valence electrons. The highest BCUT2D eigenvalue weighted by Gasteiger charge is 2.16. The van der Waals surface area contributed by atoms with Crippen LogP contribution in [0.25, 0.3) is 0 Å². The molecule has 1 aromatic heterocycles. The molecule has 0 aliphatic rings. The number of nitrogens with two attached hydrogens (primary N) is 1. The summed E-state index contributed by atoms with van der Waals surface area (Å²) in [4.78, 5) is 4.07. The lowest BCUT2D eigenvalue weighted by Gasteiger charge is -2.09. The Morgan fingerprint density at radius 3 is 2.76 bits per heavy atom. The first-order valence-electron chi connectivity index (χ1n) is 5.42. The molecule has 0 saturated carbocycles. The Bertz CT molecular complexity index is 460. The Labute approximate surface area is 102 Å². The Morgan fingerprint density at radius 1 is 1.47 bits per heavy atom. The number of pyridine rings is 1. The van der Waals surface area contributed by atoms with Crippen LogP contribution in [0.1, 0.15) is 19.0 Å². The zero-order valence-corrected chi connectivity index (χ0v) is 10.9. The Hall–Kier alpha value is -1.14. The maximum absolute atomic E-state index is 11.8. The highest BCUT2D eigenvalue weighted by Crippen LogP contribution is 2.10. The highest BCUT2D eigenvalue weighted by atomic mass is 32.2. The molecule has 0 amide bonds. The van der Waals surface area contributed by atoms with Crippen molar-refractivity contribution in [2.24, 2.45) is 5.73 Å². The molecule has 0 saturated heterocycles. The molecule has 0 aliphatic carbocycles. The summed E-state index contributed by atoms with van der Waals surface area (Å²) in [6.45, 7) is 1.87. The highest BCUT2D eigenvalue weighted by molar-refractivity contribution is 7.90. The fourth-order valence-electron chi connectivity index (χ4n) is 1.38. The molecule has 6 heteroatoms. The van der Waals surface area contributed by atoms with Crippen molar-refractivity contribution >= 4 is 9.84 Å². The van der Waals surface area contributed by atoms with E-state index in [4.69, 9.17) is 10.5 Å². The van der Waals surface area contributed by atoms with Crippen molar-refractivity contribution in [1.82, 2.24) is 4.98 Å². The standard InChI is InChI=1S/C11H18N2O3S/c1-3-9(12)7-17(14,15)8-10-5-4-6-11(13-10)16-2/h4-6,9H,3,7-8,12H2,1-2H3. The van der Waals surface area contributed by atoms with Gasteiger partial charge in [-0.25, -0.2) is 13.4 Å². The van der Waals surface area contributed by atoms with Gasteiger partial charge in [-0.2, -0.15) is 0 Å². The minimum Gasteiger partial charge on any atom is -0.481 e. The average Bonchev–Trinajstić information content (AvgIpc) is 2.27. The van der Waals surface area contributed by atoms with Gasteiger partial charge in [-0.15, -0.1) is 0 Å². The van der Waals surface area contributed by atoms with E-state index in [1.807, 2.05) is 6.92 Å². The van der Waals surface area contributed by atoms with Crippen LogP contribution >= 0.6 is 0 Å². The Kier molecular flexibility index (Phi) is 4.89. The summed E-state index contributed by atoms with van der Waals surface area (Å²) in [6, 6.07) is 4.74. The monoisotopic (exact) mass is 258 g/mol. The largest absolute Gasteiger partial charge is 0.481 e. The van der Waals surface area contributed by atoms with Gasteiger partial charge in [0.1, 0.15) is 0 Å². The van der Waals surface area contributed by atoms with Gasteiger partial charge in [-0.05, 0) is 12.5 Å². The predicted molar refractivity (Wildman–Crippen MR) is 66.5 cm³/mol. The molecule has 0 aromatic carbocycles. The zero-order chi connectivity index (χ0) is 12.9. The maximum Gasteiger partial charge on any atom is 0.213 e. The second kappa shape index (κ2) is 5.97. The van der Waals surface area contributed by atoms with Crippen molar-refractivity contribution in [1.29, 1.82) is 0 Å². The molecule has 1 unspecified atom stereocenters. The molecular weight excluding hydrogens is 240 g/mol. The molecule has 0 radical (unpaired) electrons. The smallest absolute Gasteiger partial charge is 0.213 e. The molecule has 0 aliphatic heterocycles. The van der Waals surface area contributed by atoms with E-state index >= 15 is 0 Å². The normalized spacial score (nSPS) is 13.4. The van der Waals surface area contributed by atoms with Crippen LogP contribution in [-0.4, -0.2) is 32.3 Å². The van der Waals surface area contributed by atoms with Gasteiger partial charge in [0.05, 0.1) is 24.3 Å². The lowest BCUT2D eigenvalue weighted by atomic mass is 10.3. The number of methoxy groups -OCH3 is 1. The molecule has 0 spiro atoms. The van der Waals surface area contributed by atoms with Gasteiger partial charge < -0.3 is 10.5 Å². The summed E-state index contributed by atoms with van der Waals surface area (Å²) >= 11 is 0. The minimum absolute atomic E-state index is 0.0115. The van der Waals surface area contributed by atoms with E-state index in [0.29, 0.717) is 18.0 Å². The first-order chi connectivity index (χ1) is 7.96.